The minimum atomic E-state index is -3.53. The summed E-state index contributed by atoms with van der Waals surface area (Å²) in [6, 6.07) is 15.5. The molecule has 3 aromatic rings. The third-order valence-electron chi connectivity index (χ3n) is 5.37. The molecule has 2 N–H and O–H groups in total. The smallest absolute Gasteiger partial charge is 0.243 e. The summed E-state index contributed by atoms with van der Waals surface area (Å²) >= 11 is 12.3. The van der Waals surface area contributed by atoms with Crippen molar-refractivity contribution in [2.24, 2.45) is 0 Å². The van der Waals surface area contributed by atoms with Gasteiger partial charge in [0.25, 0.3) is 0 Å². The summed E-state index contributed by atoms with van der Waals surface area (Å²) in [5.41, 5.74) is 0.776. The highest BCUT2D eigenvalue weighted by Crippen LogP contribution is 2.33. The van der Waals surface area contributed by atoms with Crippen molar-refractivity contribution >= 4 is 44.0 Å². The Kier molecular flexibility index (Phi) is 5.73. The summed E-state index contributed by atoms with van der Waals surface area (Å²) < 4.78 is 27.2. The zero-order valence-electron chi connectivity index (χ0n) is 15.6. The van der Waals surface area contributed by atoms with E-state index in [1.165, 1.54) is 21.3 Å². The number of fused-ring (bicyclic) bond motifs is 1. The molecule has 1 heterocycles. The minimum Gasteiger partial charge on any atom is -0.507 e. The zero-order valence-corrected chi connectivity index (χ0v) is 17.9. The normalized spacial score (nSPS) is 16.3. The summed E-state index contributed by atoms with van der Waals surface area (Å²) in [4.78, 5) is 1.46. The SMILES string of the molecule is O=S(=O)(c1ccc(Cl)cc1)N1CC[NH+](Cc2cc(Cl)c3ccccc3c2O)CC1. The molecule has 0 bridgehead atoms. The Morgan fingerprint density at radius 1 is 0.966 bits per heavy atom. The lowest BCUT2D eigenvalue weighted by Crippen LogP contribution is -3.13. The largest absolute Gasteiger partial charge is 0.507 e. The predicted molar refractivity (Wildman–Crippen MR) is 115 cm³/mol. The molecule has 1 aliphatic heterocycles. The van der Waals surface area contributed by atoms with Crippen molar-refractivity contribution in [3.8, 4) is 5.75 Å². The van der Waals surface area contributed by atoms with Crippen molar-refractivity contribution in [2.75, 3.05) is 26.2 Å². The van der Waals surface area contributed by atoms with E-state index in [1.54, 1.807) is 12.1 Å². The fourth-order valence-electron chi connectivity index (χ4n) is 3.75. The van der Waals surface area contributed by atoms with E-state index in [0.29, 0.717) is 42.8 Å². The van der Waals surface area contributed by atoms with Crippen LogP contribution < -0.4 is 4.90 Å². The van der Waals surface area contributed by atoms with E-state index < -0.39 is 10.0 Å². The third-order valence-corrected chi connectivity index (χ3v) is 7.84. The number of halogens is 2. The number of hydrogen-bond donors (Lipinski definition) is 2. The quantitative estimate of drug-likeness (QED) is 0.640. The Hall–Kier alpha value is -1.83. The van der Waals surface area contributed by atoms with Gasteiger partial charge in [-0.2, -0.15) is 4.31 Å². The standard InChI is InChI=1S/C21H20Cl2N2O3S/c22-16-5-7-17(8-6-16)29(27,28)25-11-9-24(10-12-25)14-15-13-20(23)18-3-1-2-4-19(18)21(15)26/h1-8,13,26H,9-12,14H2/p+1. The molecule has 8 heteroatoms. The topological polar surface area (TPSA) is 62.0 Å². The Balaban J connectivity index is 1.47. The van der Waals surface area contributed by atoms with Crippen LogP contribution in [0.3, 0.4) is 0 Å². The van der Waals surface area contributed by atoms with E-state index in [9.17, 15) is 13.5 Å². The van der Waals surface area contributed by atoms with E-state index in [0.717, 1.165) is 16.3 Å². The van der Waals surface area contributed by atoms with Crippen molar-refractivity contribution in [2.45, 2.75) is 11.4 Å². The van der Waals surface area contributed by atoms with Crippen LogP contribution in [0.1, 0.15) is 5.56 Å². The van der Waals surface area contributed by atoms with E-state index in [4.69, 9.17) is 23.2 Å². The molecule has 1 aliphatic rings. The lowest BCUT2D eigenvalue weighted by atomic mass is 10.0. The van der Waals surface area contributed by atoms with Gasteiger partial charge < -0.3 is 10.0 Å². The van der Waals surface area contributed by atoms with Crippen LogP contribution in [0.15, 0.2) is 59.5 Å². The molecular weight excluding hydrogens is 431 g/mol. The summed E-state index contributed by atoms with van der Waals surface area (Å²) in [5.74, 6) is 0.244. The molecule has 0 saturated carbocycles. The molecule has 5 nitrogen and oxygen atoms in total. The van der Waals surface area contributed by atoms with Crippen LogP contribution in [0.4, 0.5) is 0 Å². The highest BCUT2D eigenvalue weighted by molar-refractivity contribution is 7.89. The first kappa shape index (κ1) is 20.4. The molecule has 0 unspecified atom stereocenters. The highest BCUT2D eigenvalue weighted by atomic mass is 35.5. The van der Waals surface area contributed by atoms with Gasteiger partial charge in [-0.05, 0) is 30.3 Å². The maximum absolute atomic E-state index is 12.8. The predicted octanol–water partition coefficient (Wildman–Crippen LogP) is 2.94. The van der Waals surface area contributed by atoms with Crippen LogP contribution in [0, 0.1) is 0 Å². The molecule has 0 amide bonds. The van der Waals surface area contributed by atoms with Crippen molar-refractivity contribution < 1.29 is 18.4 Å². The lowest BCUT2D eigenvalue weighted by molar-refractivity contribution is -0.917. The van der Waals surface area contributed by atoms with Crippen LogP contribution >= 0.6 is 23.2 Å². The average Bonchev–Trinajstić information content (AvgIpc) is 2.72. The summed E-state index contributed by atoms with van der Waals surface area (Å²) in [6.07, 6.45) is 0. The lowest BCUT2D eigenvalue weighted by Gasteiger charge is -2.31. The second-order valence-corrected chi connectivity index (χ2v) is 9.98. The number of nitrogens with one attached hydrogen (secondary N) is 1. The Labute approximate surface area is 180 Å². The first-order chi connectivity index (χ1) is 13.9. The molecule has 0 aromatic heterocycles. The Morgan fingerprint density at radius 2 is 1.59 bits per heavy atom. The van der Waals surface area contributed by atoms with Crippen LogP contribution in [0.5, 0.6) is 5.75 Å². The third kappa shape index (κ3) is 4.09. The number of nitrogens with zero attached hydrogens (tertiary/aromatic N) is 1. The molecule has 0 spiro atoms. The fourth-order valence-corrected chi connectivity index (χ4v) is 5.61. The molecular formula is C21H21Cl2N2O3S+. The van der Waals surface area contributed by atoms with Gasteiger partial charge in [0.2, 0.25) is 10.0 Å². The monoisotopic (exact) mass is 451 g/mol. The van der Waals surface area contributed by atoms with Crippen LogP contribution in [0.25, 0.3) is 10.8 Å². The maximum Gasteiger partial charge on any atom is 0.243 e. The number of phenols is 1. The number of aromatic hydroxyl groups is 1. The van der Waals surface area contributed by atoms with Gasteiger partial charge >= 0.3 is 0 Å². The first-order valence-electron chi connectivity index (χ1n) is 9.34. The maximum atomic E-state index is 12.8. The van der Waals surface area contributed by atoms with Gasteiger partial charge in [0.1, 0.15) is 12.3 Å². The van der Waals surface area contributed by atoms with Crippen LogP contribution in [-0.2, 0) is 16.6 Å². The number of benzene rings is 3. The van der Waals surface area contributed by atoms with E-state index >= 15 is 0 Å². The van der Waals surface area contributed by atoms with E-state index in [-0.39, 0.29) is 10.6 Å². The van der Waals surface area contributed by atoms with Gasteiger partial charge in [-0.25, -0.2) is 8.42 Å². The van der Waals surface area contributed by atoms with Crippen molar-refractivity contribution in [3.05, 3.63) is 70.2 Å². The molecule has 1 saturated heterocycles. The number of sulfonamides is 1. The van der Waals surface area contributed by atoms with Gasteiger partial charge in [0, 0.05) is 20.8 Å². The Morgan fingerprint density at radius 3 is 2.24 bits per heavy atom. The first-order valence-corrected chi connectivity index (χ1v) is 11.5. The second-order valence-electron chi connectivity index (χ2n) is 7.20. The molecule has 1 fully saturated rings. The van der Waals surface area contributed by atoms with Crippen molar-refractivity contribution in [1.82, 2.24) is 4.31 Å². The van der Waals surface area contributed by atoms with Crippen LogP contribution in [-0.4, -0.2) is 44.0 Å². The minimum absolute atomic E-state index is 0.244. The van der Waals surface area contributed by atoms with Gasteiger partial charge in [0.15, 0.2) is 0 Å². The zero-order chi connectivity index (χ0) is 20.6. The number of piperazine rings is 1. The summed E-state index contributed by atoms with van der Waals surface area (Å²) in [7, 11) is -3.53. The number of hydrogen-bond acceptors (Lipinski definition) is 3. The second kappa shape index (κ2) is 8.13. The average molecular weight is 452 g/mol. The van der Waals surface area contributed by atoms with Crippen molar-refractivity contribution in [3.63, 3.8) is 0 Å². The molecule has 0 atom stereocenters. The van der Waals surface area contributed by atoms with Crippen molar-refractivity contribution in [1.29, 1.82) is 0 Å². The number of rotatable bonds is 4. The molecule has 0 radical (unpaired) electrons. The van der Waals surface area contributed by atoms with Gasteiger partial charge in [-0.3, -0.25) is 0 Å². The van der Waals surface area contributed by atoms with E-state index in [2.05, 4.69) is 0 Å². The summed E-state index contributed by atoms with van der Waals surface area (Å²) in [6.45, 7) is 2.73. The highest BCUT2D eigenvalue weighted by Gasteiger charge is 2.30. The van der Waals surface area contributed by atoms with Gasteiger partial charge in [0.05, 0.1) is 36.6 Å². The molecule has 29 heavy (non-hydrogen) atoms. The molecule has 3 aromatic carbocycles. The fraction of sp³-hybridized carbons (Fsp3) is 0.238. The number of quaternary nitrogens is 1. The van der Waals surface area contributed by atoms with Gasteiger partial charge in [-0.1, -0.05) is 47.5 Å². The molecule has 0 aliphatic carbocycles. The molecule has 152 valence electrons. The molecule has 4 rings (SSSR count). The van der Waals surface area contributed by atoms with Crippen LogP contribution in [0.2, 0.25) is 10.0 Å². The Bertz CT molecular complexity index is 1140. The number of phenolic OH excluding ortho intramolecular Hbond substituents is 1. The van der Waals surface area contributed by atoms with Gasteiger partial charge in [-0.15, -0.1) is 0 Å². The summed E-state index contributed by atoms with van der Waals surface area (Å²) in [5, 5.41) is 13.3. The van der Waals surface area contributed by atoms with E-state index in [1.807, 2.05) is 30.3 Å².